The Balaban J connectivity index is 1.99. The third-order valence-corrected chi connectivity index (χ3v) is 4.00. The van der Waals surface area contributed by atoms with Crippen LogP contribution in [-0.2, 0) is 4.79 Å². The number of nitrogens with one attached hydrogen (secondary N) is 1. The first-order valence-electron chi connectivity index (χ1n) is 8.26. The van der Waals surface area contributed by atoms with E-state index in [0.717, 1.165) is 5.56 Å². The predicted molar refractivity (Wildman–Crippen MR) is 93.5 cm³/mol. The molecule has 5 heteroatoms. The molecule has 0 fully saturated rings. The van der Waals surface area contributed by atoms with Crippen molar-refractivity contribution >= 4 is 11.7 Å². The van der Waals surface area contributed by atoms with E-state index in [-0.39, 0.29) is 36.3 Å². The number of ketones is 1. The van der Waals surface area contributed by atoms with Gasteiger partial charge in [0, 0.05) is 24.5 Å². The average molecular weight is 343 g/mol. The highest BCUT2D eigenvalue weighted by atomic mass is 19.1. The number of hydrogen-bond donors (Lipinski definition) is 2. The van der Waals surface area contributed by atoms with Crippen molar-refractivity contribution in [1.82, 2.24) is 5.32 Å². The number of hydrogen-bond acceptors (Lipinski definition) is 3. The van der Waals surface area contributed by atoms with E-state index >= 15 is 0 Å². The van der Waals surface area contributed by atoms with Gasteiger partial charge in [-0.15, -0.1) is 0 Å². The number of benzene rings is 2. The van der Waals surface area contributed by atoms with Gasteiger partial charge in [0.1, 0.15) is 5.82 Å². The van der Waals surface area contributed by atoms with E-state index in [2.05, 4.69) is 5.32 Å². The summed E-state index contributed by atoms with van der Waals surface area (Å²) >= 11 is 0. The van der Waals surface area contributed by atoms with Gasteiger partial charge in [-0.3, -0.25) is 9.59 Å². The van der Waals surface area contributed by atoms with E-state index in [1.165, 1.54) is 18.2 Å². The SMILES string of the molecule is CC(CC(=O)NC(CCO)c1ccccc1)C(=O)c1cccc(F)c1. The number of carbonyl (C=O) groups is 2. The first kappa shape index (κ1) is 18.8. The molecule has 2 aromatic carbocycles. The maximum atomic E-state index is 13.2. The first-order valence-corrected chi connectivity index (χ1v) is 8.26. The highest BCUT2D eigenvalue weighted by Crippen LogP contribution is 2.18. The van der Waals surface area contributed by atoms with E-state index in [1.807, 2.05) is 30.3 Å². The second-order valence-electron chi connectivity index (χ2n) is 6.02. The van der Waals surface area contributed by atoms with Gasteiger partial charge >= 0.3 is 0 Å². The molecule has 0 aliphatic heterocycles. The lowest BCUT2D eigenvalue weighted by molar-refractivity contribution is -0.122. The summed E-state index contributed by atoms with van der Waals surface area (Å²) in [5, 5.41) is 12.1. The zero-order valence-electron chi connectivity index (χ0n) is 14.1. The van der Waals surface area contributed by atoms with Gasteiger partial charge in [0.2, 0.25) is 5.91 Å². The summed E-state index contributed by atoms with van der Waals surface area (Å²) in [6.45, 7) is 1.59. The van der Waals surface area contributed by atoms with Crippen LogP contribution in [0.5, 0.6) is 0 Å². The van der Waals surface area contributed by atoms with Crippen LogP contribution in [-0.4, -0.2) is 23.4 Å². The Labute approximate surface area is 146 Å². The normalized spacial score (nSPS) is 13.1. The summed E-state index contributed by atoms with van der Waals surface area (Å²) in [7, 11) is 0. The standard InChI is InChI=1S/C20H22FNO3/c1-14(20(25)16-8-5-9-17(21)13-16)12-19(24)22-18(10-11-23)15-6-3-2-4-7-15/h2-9,13-14,18,23H,10-12H2,1H3,(H,22,24). The quantitative estimate of drug-likeness (QED) is 0.723. The zero-order chi connectivity index (χ0) is 18.2. The van der Waals surface area contributed by atoms with Crippen LogP contribution in [0.25, 0.3) is 0 Å². The molecule has 2 atom stereocenters. The minimum absolute atomic E-state index is 0.00408. The molecule has 0 radical (unpaired) electrons. The Morgan fingerprint density at radius 1 is 1.12 bits per heavy atom. The highest BCUT2D eigenvalue weighted by molar-refractivity contribution is 5.99. The molecule has 0 aliphatic carbocycles. The topological polar surface area (TPSA) is 66.4 Å². The Kier molecular flexibility index (Phi) is 6.83. The Morgan fingerprint density at radius 2 is 1.84 bits per heavy atom. The number of aliphatic hydroxyl groups excluding tert-OH is 1. The lowest BCUT2D eigenvalue weighted by Crippen LogP contribution is -2.31. The van der Waals surface area contributed by atoms with Crippen LogP contribution in [0.15, 0.2) is 54.6 Å². The van der Waals surface area contributed by atoms with Crippen molar-refractivity contribution in [3.8, 4) is 0 Å². The minimum Gasteiger partial charge on any atom is -0.396 e. The van der Waals surface area contributed by atoms with Crippen LogP contribution in [0.2, 0.25) is 0 Å². The molecule has 1 amide bonds. The van der Waals surface area contributed by atoms with Gasteiger partial charge in [0.25, 0.3) is 0 Å². The molecule has 0 aliphatic rings. The van der Waals surface area contributed by atoms with Crippen molar-refractivity contribution in [2.45, 2.75) is 25.8 Å². The number of aliphatic hydroxyl groups is 1. The molecule has 0 bridgehead atoms. The maximum Gasteiger partial charge on any atom is 0.221 e. The fourth-order valence-corrected chi connectivity index (χ4v) is 2.69. The van der Waals surface area contributed by atoms with Crippen molar-refractivity contribution in [1.29, 1.82) is 0 Å². The molecule has 0 saturated heterocycles. The lowest BCUT2D eigenvalue weighted by Gasteiger charge is -2.19. The molecular formula is C20H22FNO3. The number of rotatable bonds is 8. The van der Waals surface area contributed by atoms with Gasteiger partial charge < -0.3 is 10.4 Å². The third-order valence-electron chi connectivity index (χ3n) is 4.00. The van der Waals surface area contributed by atoms with Crippen LogP contribution in [0.1, 0.15) is 41.7 Å². The monoisotopic (exact) mass is 343 g/mol. The van der Waals surface area contributed by atoms with Gasteiger partial charge in [0.05, 0.1) is 6.04 Å². The summed E-state index contributed by atoms with van der Waals surface area (Å²) in [5.74, 6) is -1.59. The van der Waals surface area contributed by atoms with Crippen molar-refractivity contribution in [3.05, 3.63) is 71.5 Å². The van der Waals surface area contributed by atoms with Crippen LogP contribution < -0.4 is 5.32 Å². The molecule has 0 heterocycles. The summed E-state index contributed by atoms with van der Waals surface area (Å²) < 4.78 is 13.2. The third kappa shape index (κ3) is 5.50. The summed E-state index contributed by atoms with van der Waals surface area (Å²) in [6.07, 6.45) is 0.395. The van der Waals surface area contributed by atoms with Gasteiger partial charge in [0.15, 0.2) is 5.78 Å². The second-order valence-corrected chi connectivity index (χ2v) is 6.02. The number of carbonyl (C=O) groups excluding carboxylic acids is 2. The maximum absolute atomic E-state index is 13.2. The van der Waals surface area contributed by atoms with Crippen LogP contribution >= 0.6 is 0 Å². The molecule has 2 N–H and O–H groups in total. The molecule has 4 nitrogen and oxygen atoms in total. The molecule has 25 heavy (non-hydrogen) atoms. The van der Waals surface area contributed by atoms with Gasteiger partial charge in [-0.25, -0.2) is 4.39 Å². The van der Waals surface area contributed by atoms with Crippen LogP contribution in [0.3, 0.4) is 0 Å². The van der Waals surface area contributed by atoms with Crippen LogP contribution in [0.4, 0.5) is 4.39 Å². The molecule has 132 valence electrons. The minimum atomic E-state index is -0.563. The average Bonchev–Trinajstić information content (AvgIpc) is 2.61. The number of halogens is 1. The van der Waals surface area contributed by atoms with E-state index in [9.17, 15) is 19.1 Å². The molecular weight excluding hydrogens is 321 g/mol. The molecule has 0 saturated carbocycles. The fraction of sp³-hybridized carbons (Fsp3) is 0.300. The second kappa shape index (κ2) is 9.08. The molecule has 0 aromatic heterocycles. The van der Waals surface area contributed by atoms with E-state index in [1.54, 1.807) is 13.0 Å². The highest BCUT2D eigenvalue weighted by Gasteiger charge is 2.21. The van der Waals surface area contributed by atoms with Gasteiger partial charge in [-0.05, 0) is 24.1 Å². The smallest absolute Gasteiger partial charge is 0.221 e. The Bertz CT molecular complexity index is 718. The van der Waals surface area contributed by atoms with E-state index < -0.39 is 11.7 Å². The molecule has 0 spiro atoms. The van der Waals surface area contributed by atoms with Crippen molar-refractivity contribution in [3.63, 3.8) is 0 Å². The van der Waals surface area contributed by atoms with E-state index in [4.69, 9.17) is 0 Å². The Morgan fingerprint density at radius 3 is 2.48 bits per heavy atom. The summed E-state index contributed by atoms with van der Waals surface area (Å²) in [5.41, 5.74) is 1.16. The van der Waals surface area contributed by atoms with Crippen molar-refractivity contribution in [2.24, 2.45) is 5.92 Å². The molecule has 2 rings (SSSR count). The Hall–Kier alpha value is -2.53. The molecule has 2 unspecified atom stereocenters. The number of amides is 1. The fourth-order valence-electron chi connectivity index (χ4n) is 2.69. The first-order chi connectivity index (χ1) is 12.0. The van der Waals surface area contributed by atoms with Crippen molar-refractivity contribution in [2.75, 3.05) is 6.61 Å². The lowest BCUT2D eigenvalue weighted by atomic mass is 9.95. The van der Waals surface area contributed by atoms with E-state index in [0.29, 0.717) is 6.42 Å². The van der Waals surface area contributed by atoms with Gasteiger partial charge in [-0.1, -0.05) is 49.4 Å². The summed E-state index contributed by atoms with van der Waals surface area (Å²) in [6, 6.07) is 14.5. The van der Waals surface area contributed by atoms with Gasteiger partial charge in [-0.2, -0.15) is 0 Å². The summed E-state index contributed by atoms with van der Waals surface area (Å²) in [4.78, 5) is 24.6. The predicted octanol–water partition coefficient (Wildman–Crippen LogP) is 3.27. The molecule has 2 aromatic rings. The number of Topliss-reactive ketones (excluding diaryl/α,β-unsaturated/α-hetero) is 1. The van der Waals surface area contributed by atoms with Crippen molar-refractivity contribution < 1.29 is 19.1 Å². The largest absolute Gasteiger partial charge is 0.396 e. The van der Waals surface area contributed by atoms with Crippen LogP contribution in [0, 0.1) is 11.7 Å². The zero-order valence-corrected chi connectivity index (χ0v) is 14.1.